The highest BCUT2D eigenvalue weighted by Crippen LogP contribution is 2.32. The molecular formula is C14H20FNO3S. The summed E-state index contributed by atoms with van der Waals surface area (Å²) < 4.78 is 40.9. The first kappa shape index (κ1) is 15.4. The average Bonchev–Trinajstić information content (AvgIpc) is 2.35. The van der Waals surface area contributed by atoms with E-state index in [1.165, 1.54) is 12.1 Å². The number of rotatable bonds is 5. The fourth-order valence-corrected chi connectivity index (χ4v) is 4.10. The number of aliphatic hydroxyl groups is 1. The Balaban J connectivity index is 2.19. The first-order chi connectivity index (χ1) is 9.33. The van der Waals surface area contributed by atoms with Gasteiger partial charge >= 0.3 is 0 Å². The van der Waals surface area contributed by atoms with Crippen molar-refractivity contribution in [3.05, 3.63) is 29.6 Å². The largest absolute Gasteiger partial charge is 0.393 e. The number of aryl methyl sites for hydroxylation is 1. The van der Waals surface area contributed by atoms with Gasteiger partial charge in [0.25, 0.3) is 0 Å². The quantitative estimate of drug-likeness (QED) is 0.873. The van der Waals surface area contributed by atoms with Gasteiger partial charge in [-0.15, -0.1) is 0 Å². The second-order valence-electron chi connectivity index (χ2n) is 5.46. The van der Waals surface area contributed by atoms with Crippen LogP contribution in [0.15, 0.2) is 23.1 Å². The molecule has 1 aliphatic rings. The molecule has 1 aliphatic carbocycles. The minimum Gasteiger partial charge on any atom is -0.393 e. The topological polar surface area (TPSA) is 66.4 Å². The Morgan fingerprint density at radius 1 is 1.45 bits per heavy atom. The number of aliphatic hydroxyl groups excluding tert-OH is 1. The summed E-state index contributed by atoms with van der Waals surface area (Å²) in [5.41, 5.74) is 0.693. The van der Waals surface area contributed by atoms with Gasteiger partial charge < -0.3 is 5.11 Å². The number of hydrogen-bond donors (Lipinski definition) is 2. The van der Waals surface area contributed by atoms with Crippen LogP contribution in [-0.2, 0) is 10.0 Å². The van der Waals surface area contributed by atoms with E-state index in [4.69, 9.17) is 0 Å². The Morgan fingerprint density at radius 2 is 2.10 bits per heavy atom. The normalized spacial score (nSPS) is 24.2. The molecular weight excluding hydrogens is 281 g/mol. The average molecular weight is 301 g/mol. The molecule has 0 aromatic heterocycles. The van der Waals surface area contributed by atoms with Gasteiger partial charge in [0, 0.05) is 6.04 Å². The summed E-state index contributed by atoms with van der Waals surface area (Å²) in [7, 11) is -3.87. The van der Waals surface area contributed by atoms with E-state index in [1.54, 1.807) is 6.92 Å². The first-order valence-electron chi connectivity index (χ1n) is 6.80. The molecule has 0 amide bonds. The Morgan fingerprint density at radius 3 is 2.65 bits per heavy atom. The fourth-order valence-electron chi connectivity index (χ4n) is 2.55. The Hall–Kier alpha value is -0.980. The molecule has 0 bridgehead atoms. The molecule has 0 unspecified atom stereocenters. The number of nitrogens with one attached hydrogen (secondary N) is 1. The van der Waals surface area contributed by atoms with Gasteiger partial charge in [0.2, 0.25) is 10.0 Å². The highest BCUT2D eigenvalue weighted by Gasteiger charge is 2.35. The maximum atomic E-state index is 13.7. The zero-order chi connectivity index (χ0) is 14.9. The maximum Gasteiger partial charge on any atom is 0.243 e. The standard InChI is InChI=1S/C14H20FNO3S/c1-3-13(10-7-11(17)8-10)16-20(18,19)14-6-9(2)4-5-12(14)15/h4-6,10-11,13,16-17H,3,7-8H2,1-2H3/t10?,11?,13-/m1/s1. The van der Waals surface area contributed by atoms with E-state index >= 15 is 0 Å². The van der Waals surface area contributed by atoms with Crippen LogP contribution in [-0.4, -0.2) is 25.7 Å². The molecule has 0 spiro atoms. The summed E-state index contributed by atoms with van der Waals surface area (Å²) in [4.78, 5) is -0.309. The molecule has 20 heavy (non-hydrogen) atoms. The van der Waals surface area contributed by atoms with Crippen molar-refractivity contribution in [1.82, 2.24) is 4.72 Å². The van der Waals surface area contributed by atoms with E-state index in [0.29, 0.717) is 24.8 Å². The smallest absolute Gasteiger partial charge is 0.243 e. The van der Waals surface area contributed by atoms with Gasteiger partial charge in [-0.05, 0) is 49.8 Å². The third-order valence-electron chi connectivity index (χ3n) is 3.84. The van der Waals surface area contributed by atoms with Crippen molar-refractivity contribution in [3.63, 3.8) is 0 Å². The van der Waals surface area contributed by atoms with Gasteiger partial charge in [-0.2, -0.15) is 0 Å². The van der Waals surface area contributed by atoms with E-state index < -0.39 is 15.8 Å². The lowest BCUT2D eigenvalue weighted by atomic mass is 9.77. The molecule has 0 saturated heterocycles. The Bertz CT molecular complexity index is 582. The van der Waals surface area contributed by atoms with Gasteiger partial charge in [-0.3, -0.25) is 0 Å². The minimum atomic E-state index is -3.87. The summed E-state index contributed by atoms with van der Waals surface area (Å²) in [5.74, 6) is -0.621. The van der Waals surface area contributed by atoms with E-state index in [2.05, 4.69) is 4.72 Å². The van der Waals surface area contributed by atoms with E-state index in [9.17, 15) is 17.9 Å². The van der Waals surface area contributed by atoms with Crippen molar-refractivity contribution in [1.29, 1.82) is 0 Å². The van der Waals surface area contributed by atoms with Crippen molar-refractivity contribution in [2.24, 2.45) is 5.92 Å². The lowest BCUT2D eigenvalue weighted by Gasteiger charge is -2.37. The van der Waals surface area contributed by atoms with Crippen LogP contribution >= 0.6 is 0 Å². The summed E-state index contributed by atoms with van der Waals surface area (Å²) in [6, 6.07) is 3.77. The second kappa shape index (κ2) is 5.79. The van der Waals surface area contributed by atoms with Crippen LogP contribution in [0.4, 0.5) is 4.39 Å². The molecule has 0 aliphatic heterocycles. The van der Waals surface area contributed by atoms with Gasteiger partial charge in [0.05, 0.1) is 6.10 Å². The molecule has 1 aromatic rings. The van der Waals surface area contributed by atoms with Crippen molar-refractivity contribution < 1.29 is 17.9 Å². The Labute approximate surface area is 119 Å². The number of hydrogen-bond acceptors (Lipinski definition) is 3. The summed E-state index contributed by atoms with van der Waals surface area (Å²) in [5, 5.41) is 9.32. The zero-order valence-corrected chi connectivity index (χ0v) is 12.5. The number of halogens is 1. The van der Waals surface area contributed by atoms with Crippen LogP contribution in [0, 0.1) is 18.7 Å². The molecule has 0 radical (unpaired) electrons. The molecule has 2 N–H and O–H groups in total. The molecule has 1 fully saturated rings. The lowest BCUT2D eigenvalue weighted by Crippen LogP contribution is -2.46. The van der Waals surface area contributed by atoms with Crippen molar-refractivity contribution >= 4 is 10.0 Å². The highest BCUT2D eigenvalue weighted by atomic mass is 32.2. The van der Waals surface area contributed by atoms with Gasteiger partial charge in [-0.1, -0.05) is 13.0 Å². The van der Waals surface area contributed by atoms with Gasteiger partial charge in [0.1, 0.15) is 10.7 Å². The zero-order valence-electron chi connectivity index (χ0n) is 11.6. The minimum absolute atomic E-state index is 0.123. The summed E-state index contributed by atoms with van der Waals surface area (Å²) in [6.45, 7) is 3.60. The van der Waals surface area contributed by atoms with Crippen LogP contribution in [0.2, 0.25) is 0 Å². The van der Waals surface area contributed by atoms with Crippen molar-refractivity contribution in [2.75, 3.05) is 0 Å². The van der Waals surface area contributed by atoms with Crippen molar-refractivity contribution in [2.45, 2.75) is 50.2 Å². The van der Waals surface area contributed by atoms with E-state index in [-0.39, 0.29) is 23.0 Å². The monoisotopic (exact) mass is 301 g/mol. The van der Waals surface area contributed by atoms with Crippen molar-refractivity contribution in [3.8, 4) is 0 Å². The number of sulfonamides is 1. The summed E-state index contributed by atoms with van der Waals surface area (Å²) in [6.07, 6.45) is 1.47. The predicted octanol–water partition coefficient (Wildman–Crippen LogP) is 1.96. The van der Waals surface area contributed by atoms with E-state index in [1.807, 2.05) is 6.92 Å². The number of benzene rings is 1. The van der Waals surface area contributed by atoms with E-state index in [0.717, 1.165) is 6.07 Å². The van der Waals surface area contributed by atoms with Gasteiger partial charge in [-0.25, -0.2) is 17.5 Å². The molecule has 112 valence electrons. The first-order valence-corrected chi connectivity index (χ1v) is 8.28. The van der Waals surface area contributed by atoms with Crippen LogP contribution in [0.1, 0.15) is 31.7 Å². The highest BCUT2D eigenvalue weighted by molar-refractivity contribution is 7.89. The lowest BCUT2D eigenvalue weighted by molar-refractivity contribution is 0.0277. The molecule has 4 nitrogen and oxygen atoms in total. The van der Waals surface area contributed by atoms with Crippen LogP contribution in [0.5, 0.6) is 0 Å². The van der Waals surface area contributed by atoms with Crippen LogP contribution in [0.25, 0.3) is 0 Å². The molecule has 6 heteroatoms. The fraction of sp³-hybridized carbons (Fsp3) is 0.571. The van der Waals surface area contributed by atoms with Crippen LogP contribution < -0.4 is 4.72 Å². The second-order valence-corrected chi connectivity index (χ2v) is 7.14. The molecule has 1 aromatic carbocycles. The SMILES string of the molecule is CC[C@@H](NS(=O)(=O)c1cc(C)ccc1F)C1CC(O)C1. The summed E-state index contributed by atoms with van der Waals surface area (Å²) >= 11 is 0. The Kier molecular flexibility index (Phi) is 4.46. The van der Waals surface area contributed by atoms with Crippen LogP contribution in [0.3, 0.4) is 0 Å². The van der Waals surface area contributed by atoms with Gasteiger partial charge in [0.15, 0.2) is 0 Å². The molecule has 2 rings (SSSR count). The molecule has 1 atom stereocenters. The predicted molar refractivity (Wildman–Crippen MR) is 74.3 cm³/mol. The molecule has 0 heterocycles. The third-order valence-corrected chi connectivity index (χ3v) is 5.35. The third kappa shape index (κ3) is 3.19. The maximum absolute atomic E-state index is 13.7. The molecule has 1 saturated carbocycles.